The maximum Gasteiger partial charge on any atom is 0.160 e. The second-order valence-corrected chi connectivity index (χ2v) is 13.6. The molecular weight excluding hydrogens is 627 g/mol. The van der Waals surface area contributed by atoms with Crippen molar-refractivity contribution in [3.8, 4) is 50.6 Å². The van der Waals surface area contributed by atoms with Crippen LogP contribution < -0.4 is 0 Å². The number of aromatic nitrogens is 3. The third-order valence-electron chi connectivity index (χ3n) is 9.61. The van der Waals surface area contributed by atoms with Crippen LogP contribution in [0.5, 0.6) is 0 Å². The standard InChI is InChI=1S/C46H29N3S/c1-3-14-30(15-4-1)32-18-11-20-34(28-32)43-45-44(48-46(47-43)31-16-5-2-6-17-31)42-36(24-13-27-41(42)50-45)33-19-12-21-35(29-33)49-39-25-9-7-22-37(39)38-23-8-10-26-40(38)49/h1-29H. The van der Waals surface area contributed by atoms with E-state index in [-0.39, 0.29) is 0 Å². The van der Waals surface area contributed by atoms with E-state index in [0.29, 0.717) is 0 Å². The average molecular weight is 656 g/mol. The highest BCUT2D eigenvalue weighted by Crippen LogP contribution is 2.44. The van der Waals surface area contributed by atoms with Gasteiger partial charge in [-0.05, 0) is 58.7 Å². The van der Waals surface area contributed by atoms with E-state index in [0.717, 1.165) is 55.1 Å². The van der Waals surface area contributed by atoms with Gasteiger partial charge in [0.05, 0.1) is 26.9 Å². The summed E-state index contributed by atoms with van der Waals surface area (Å²) < 4.78 is 4.67. The van der Waals surface area contributed by atoms with E-state index < -0.39 is 0 Å². The number of para-hydroxylation sites is 2. The molecule has 0 fully saturated rings. The normalized spacial score (nSPS) is 11.6. The highest BCUT2D eigenvalue weighted by Gasteiger charge is 2.20. The highest BCUT2D eigenvalue weighted by atomic mass is 32.1. The van der Waals surface area contributed by atoms with E-state index in [2.05, 4.69) is 174 Å². The van der Waals surface area contributed by atoms with E-state index in [9.17, 15) is 0 Å². The van der Waals surface area contributed by atoms with Crippen LogP contribution in [0, 0.1) is 0 Å². The summed E-state index contributed by atoms with van der Waals surface area (Å²) in [6.45, 7) is 0. The molecule has 3 aromatic heterocycles. The first-order chi connectivity index (χ1) is 24.8. The van der Waals surface area contributed by atoms with Crippen molar-refractivity contribution in [2.75, 3.05) is 0 Å². The first kappa shape index (κ1) is 28.6. The second kappa shape index (κ2) is 11.7. The van der Waals surface area contributed by atoms with Crippen LogP contribution >= 0.6 is 11.3 Å². The fraction of sp³-hybridized carbons (Fsp3) is 0. The van der Waals surface area contributed by atoms with Crippen LogP contribution in [0.4, 0.5) is 0 Å². The average Bonchev–Trinajstić information content (AvgIpc) is 3.74. The Balaban J connectivity index is 1.21. The monoisotopic (exact) mass is 655 g/mol. The Morgan fingerprint density at radius 3 is 1.80 bits per heavy atom. The molecule has 4 heteroatoms. The van der Waals surface area contributed by atoms with E-state index in [1.165, 1.54) is 37.6 Å². The zero-order valence-corrected chi connectivity index (χ0v) is 27.8. The highest BCUT2D eigenvalue weighted by molar-refractivity contribution is 7.26. The molecule has 0 spiro atoms. The van der Waals surface area contributed by atoms with Gasteiger partial charge in [-0.25, -0.2) is 9.97 Å². The van der Waals surface area contributed by atoms with Crippen LogP contribution in [0.1, 0.15) is 0 Å². The Hall–Kier alpha value is -6.36. The molecule has 3 nitrogen and oxygen atoms in total. The van der Waals surface area contributed by atoms with Gasteiger partial charge in [0.25, 0.3) is 0 Å². The molecule has 10 aromatic rings. The van der Waals surface area contributed by atoms with Crippen LogP contribution in [0.2, 0.25) is 0 Å². The predicted octanol–water partition coefficient (Wildman–Crippen LogP) is 12.6. The van der Waals surface area contributed by atoms with Gasteiger partial charge in [0.2, 0.25) is 0 Å². The predicted molar refractivity (Wildman–Crippen MR) is 211 cm³/mol. The number of benzene rings is 7. The van der Waals surface area contributed by atoms with Crippen molar-refractivity contribution >= 4 is 53.4 Å². The van der Waals surface area contributed by atoms with Crippen molar-refractivity contribution in [3.63, 3.8) is 0 Å². The molecule has 0 atom stereocenters. The van der Waals surface area contributed by atoms with Crippen LogP contribution in [-0.4, -0.2) is 14.5 Å². The zero-order chi connectivity index (χ0) is 33.0. The van der Waals surface area contributed by atoms with Crippen molar-refractivity contribution in [3.05, 3.63) is 176 Å². The Kier molecular flexibility index (Phi) is 6.68. The van der Waals surface area contributed by atoms with Crippen molar-refractivity contribution in [1.82, 2.24) is 14.5 Å². The summed E-state index contributed by atoms with van der Waals surface area (Å²) in [5.74, 6) is 0.728. The fourth-order valence-electron chi connectivity index (χ4n) is 7.33. The lowest BCUT2D eigenvalue weighted by Crippen LogP contribution is -1.95. The Morgan fingerprint density at radius 1 is 0.440 bits per heavy atom. The van der Waals surface area contributed by atoms with Gasteiger partial charge in [0.15, 0.2) is 5.82 Å². The van der Waals surface area contributed by atoms with E-state index in [4.69, 9.17) is 9.97 Å². The summed E-state index contributed by atoms with van der Waals surface area (Å²) in [4.78, 5) is 10.6. The molecule has 0 radical (unpaired) electrons. The topological polar surface area (TPSA) is 30.7 Å². The van der Waals surface area contributed by atoms with Gasteiger partial charge in [-0.1, -0.05) is 140 Å². The molecule has 0 unspecified atom stereocenters. The maximum absolute atomic E-state index is 5.33. The molecule has 0 aliphatic carbocycles. The van der Waals surface area contributed by atoms with Gasteiger partial charge >= 0.3 is 0 Å². The minimum atomic E-state index is 0.728. The Bertz CT molecular complexity index is 2810. The Morgan fingerprint density at radius 2 is 1.04 bits per heavy atom. The fourth-order valence-corrected chi connectivity index (χ4v) is 8.51. The van der Waals surface area contributed by atoms with Gasteiger partial charge in [-0.3, -0.25) is 0 Å². The molecule has 0 aliphatic heterocycles. The lowest BCUT2D eigenvalue weighted by atomic mass is 9.99. The summed E-state index contributed by atoms with van der Waals surface area (Å²) in [6.07, 6.45) is 0. The molecule has 50 heavy (non-hydrogen) atoms. The molecule has 0 saturated carbocycles. The first-order valence-corrected chi connectivity index (χ1v) is 17.7. The lowest BCUT2D eigenvalue weighted by Gasteiger charge is -2.12. The summed E-state index contributed by atoms with van der Waals surface area (Å²) >= 11 is 1.77. The van der Waals surface area contributed by atoms with E-state index in [1.54, 1.807) is 11.3 Å². The minimum Gasteiger partial charge on any atom is -0.309 e. The third kappa shape index (κ3) is 4.65. The minimum absolute atomic E-state index is 0.728. The number of thiophene rings is 1. The molecule has 10 rings (SSSR count). The molecule has 0 aliphatic rings. The van der Waals surface area contributed by atoms with Crippen LogP contribution in [0.3, 0.4) is 0 Å². The van der Waals surface area contributed by atoms with E-state index in [1.807, 2.05) is 6.07 Å². The number of hydrogen-bond donors (Lipinski definition) is 0. The van der Waals surface area contributed by atoms with Crippen molar-refractivity contribution in [2.24, 2.45) is 0 Å². The first-order valence-electron chi connectivity index (χ1n) is 16.8. The van der Waals surface area contributed by atoms with Gasteiger partial charge in [-0.2, -0.15) is 0 Å². The van der Waals surface area contributed by atoms with Gasteiger partial charge in [0, 0.05) is 37.7 Å². The van der Waals surface area contributed by atoms with Crippen molar-refractivity contribution in [1.29, 1.82) is 0 Å². The number of rotatable bonds is 5. The number of fused-ring (bicyclic) bond motifs is 6. The van der Waals surface area contributed by atoms with Crippen LogP contribution in [0.15, 0.2) is 176 Å². The molecule has 0 bridgehead atoms. The maximum atomic E-state index is 5.33. The smallest absolute Gasteiger partial charge is 0.160 e. The molecule has 7 aromatic carbocycles. The van der Waals surface area contributed by atoms with Gasteiger partial charge < -0.3 is 4.57 Å². The third-order valence-corrected chi connectivity index (χ3v) is 10.8. The second-order valence-electron chi connectivity index (χ2n) is 12.6. The molecule has 3 heterocycles. The molecule has 0 saturated heterocycles. The summed E-state index contributed by atoms with van der Waals surface area (Å²) in [7, 11) is 0. The zero-order valence-electron chi connectivity index (χ0n) is 27.0. The van der Waals surface area contributed by atoms with Crippen LogP contribution in [-0.2, 0) is 0 Å². The number of hydrogen-bond acceptors (Lipinski definition) is 3. The summed E-state index contributed by atoms with van der Waals surface area (Å²) in [6, 6.07) is 62.5. The number of nitrogens with zero attached hydrogens (tertiary/aromatic N) is 3. The molecule has 0 amide bonds. The van der Waals surface area contributed by atoms with Crippen molar-refractivity contribution < 1.29 is 0 Å². The lowest BCUT2D eigenvalue weighted by molar-refractivity contribution is 1.18. The quantitative estimate of drug-likeness (QED) is 0.185. The summed E-state index contributed by atoms with van der Waals surface area (Å²) in [5.41, 5.74) is 12.2. The Labute approximate surface area is 293 Å². The molecular formula is C46H29N3S. The van der Waals surface area contributed by atoms with Gasteiger partial charge in [0.1, 0.15) is 0 Å². The SMILES string of the molecule is c1ccc(-c2cccc(-c3nc(-c4ccccc4)nc4c3sc3cccc(-c5cccc(-n6c7ccccc7c7ccccc76)c5)c34)c2)cc1. The van der Waals surface area contributed by atoms with E-state index >= 15 is 0 Å². The molecule has 234 valence electrons. The van der Waals surface area contributed by atoms with Gasteiger partial charge in [-0.15, -0.1) is 11.3 Å². The largest absolute Gasteiger partial charge is 0.309 e. The van der Waals surface area contributed by atoms with Crippen molar-refractivity contribution in [2.45, 2.75) is 0 Å². The molecule has 0 N–H and O–H groups in total. The summed E-state index contributed by atoms with van der Waals surface area (Å²) in [5, 5.41) is 3.67. The van der Waals surface area contributed by atoms with Crippen LogP contribution in [0.25, 0.3) is 92.7 Å².